The van der Waals surface area contributed by atoms with Crippen LogP contribution in [0.25, 0.3) is 17.2 Å². The minimum absolute atomic E-state index is 0.0250. The van der Waals surface area contributed by atoms with Crippen LogP contribution in [0.5, 0.6) is 0 Å². The van der Waals surface area contributed by atoms with E-state index in [9.17, 15) is 9.59 Å². The third kappa shape index (κ3) is 4.91. The summed E-state index contributed by atoms with van der Waals surface area (Å²) < 4.78 is 1.43. The van der Waals surface area contributed by atoms with E-state index in [2.05, 4.69) is 46.5 Å². The Morgan fingerprint density at radius 3 is 2.26 bits per heavy atom. The lowest BCUT2D eigenvalue weighted by molar-refractivity contribution is 0.262. The number of aryl methyl sites for hydroxylation is 1. The zero-order valence-corrected chi connectivity index (χ0v) is 19.9. The summed E-state index contributed by atoms with van der Waals surface area (Å²) in [6.45, 7) is 9.88. The molecule has 174 valence electrons. The summed E-state index contributed by atoms with van der Waals surface area (Å²) in [6, 6.07) is 18.6. The first kappa shape index (κ1) is 23.0. The Labute approximate surface area is 198 Å². The van der Waals surface area contributed by atoms with Crippen molar-refractivity contribution in [2.45, 2.75) is 40.0 Å². The van der Waals surface area contributed by atoms with Crippen LogP contribution in [0.1, 0.15) is 37.6 Å². The van der Waals surface area contributed by atoms with E-state index in [0.29, 0.717) is 28.5 Å². The quantitative estimate of drug-likeness (QED) is 0.393. The molecular weight excluding hydrogens is 428 g/mol. The molecule has 0 bridgehead atoms. The topological polar surface area (TPSA) is 105 Å². The highest BCUT2D eigenvalue weighted by Gasteiger charge is 2.17. The molecule has 2 amide bonds. The number of carbonyl (C=O) groups excluding carboxylic acids is 1. The molecule has 0 saturated carbocycles. The van der Waals surface area contributed by atoms with Crippen LogP contribution in [0, 0.1) is 13.8 Å². The van der Waals surface area contributed by atoms with Gasteiger partial charge in [-0.2, -0.15) is 9.78 Å². The number of aromatic nitrogens is 4. The molecule has 0 radical (unpaired) electrons. The Kier molecular flexibility index (Phi) is 6.06. The number of amides is 2. The predicted octanol–water partition coefficient (Wildman–Crippen LogP) is 5.18. The molecule has 2 aromatic heterocycles. The SMILES string of the molecule is Cc1nc(-n2nc(-c3ccccc3)cc2NC(=O)Nc2ccc(C(C)(C)C)cc2)[nH]c(=O)c1C. The number of aromatic amines is 1. The van der Waals surface area contributed by atoms with Crippen molar-refractivity contribution in [1.82, 2.24) is 19.7 Å². The summed E-state index contributed by atoms with van der Waals surface area (Å²) in [7, 11) is 0. The fourth-order valence-electron chi connectivity index (χ4n) is 3.44. The first-order valence-corrected chi connectivity index (χ1v) is 11.0. The molecule has 0 spiro atoms. The van der Waals surface area contributed by atoms with E-state index in [1.807, 2.05) is 54.6 Å². The maximum Gasteiger partial charge on any atom is 0.324 e. The molecule has 0 aliphatic rings. The molecule has 8 nitrogen and oxygen atoms in total. The van der Waals surface area contributed by atoms with E-state index in [4.69, 9.17) is 0 Å². The summed E-state index contributed by atoms with van der Waals surface area (Å²) in [5.74, 6) is 0.592. The maximum atomic E-state index is 12.8. The van der Waals surface area contributed by atoms with Crippen LogP contribution < -0.4 is 16.2 Å². The van der Waals surface area contributed by atoms with Gasteiger partial charge >= 0.3 is 6.03 Å². The van der Waals surface area contributed by atoms with Crippen LogP contribution in [-0.2, 0) is 5.41 Å². The summed E-state index contributed by atoms with van der Waals surface area (Å²) in [4.78, 5) is 32.4. The van der Waals surface area contributed by atoms with Crippen LogP contribution >= 0.6 is 0 Å². The molecule has 34 heavy (non-hydrogen) atoms. The van der Waals surface area contributed by atoms with Crippen molar-refractivity contribution < 1.29 is 4.79 Å². The van der Waals surface area contributed by atoms with Gasteiger partial charge in [0.2, 0.25) is 5.95 Å². The lowest BCUT2D eigenvalue weighted by Gasteiger charge is -2.19. The van der Waals surface area contributed by atoms with Gasteiger partial charge in [0.05, 0.1) is 5.69 Å². The van der Waals surface area contributed by atoms with Crippen molar-refractivity contribution in [2.24, 2.45) is 0 Å². The zero-order valence-electron chi connectivity index (χ0n) is 19.9. The Hall–Kier alpha value is -4.20. The normalized spacial score (nSPS) is 11.3. The number of nitrogens with zero attached hydrogens (tertiary/aromatic N) is 3. The molecule has 4 rings (SSSR count). The number of carbonyl (C=O) groups is 1. The molecule has 0 aliphatic heterocycles. The monoisotopic (exact) mass is 456 g/mol. The number of benzene rings is 2. The van der Waals surface area contributed by atoms with Gasteiger partial charge in [0, 0.05) is 28.6 Å². The first-order chi connectivity index (χ1) is 16.1. The smallest absolute Gasteiger partial charge is 0.308 e. The second-order valence-electron chi connectivity index (χ2n) is 9.20. The molecule has 0 saturated heterocycles. The van der Waals surface area contributed by atoms with Crippen molar-refractivity contribution in [2.75, 3.05) is 10.6 Å². The number of hydrogen-bond acceptors (Lipinski definition) is 4. The van der Waals surface area contributed by atoms with Crippen molar-refractivity contribution in [3.63, 3.8) is 0 Å². The summed E-state index contributed by atoms with van der Waals surface area (Å²) in [5, 5.41) is 10.3. The van der Waals surface area contributed by atoms with E-state index in [1.54, 1.807) is 19.9 Å². The van der Waals surface area contributed by atoms with E-state index in [-0.39, 0.29) is 16.9 Å². The Balaban J connectivity index is 1.65. The minimum Gasteiger partial charge on any atom is -0.308 e. The van der Waals surface area contributed by atoms with E-state index in [1.165, 1.54) is 10.2 Å². The highest BCUT2D eigenvalue weighted by Crippen LogP contribution is 2.25. The number of hydrogen-bond donors (Lipinski definition) is 3. The maximum absolute atomic E-state index is 12.8. The van der Waals surface area contributed by atoms with Crippen molar-refractivity contribution in [3.8, 4) is 17.2 Å². The largest absolute Gasteiger partial charge is 0.324 e. The molecule has 8 heteroatoms. The summed E-state index contributed by atoms with van der Waals surface area (Å²) in [5.41, 5.74) is 4.23. The highest BCUT2D eigenvalue weighted by molar-refractivity contribution is 5.99. The molecule has 2 aromatic carbocycles. The van der Waals surface area contributed by atoms with Crippen molar-refractivity contribution in [1.29, 1.82) is 0 Å². The van der Waals surface area contributed by atoms with Crippen LogP contribution in [0.15, 0.2) is 65.5 Å². The number of rotatable bonds is 4. The van der Waals surface area contributed by atoms with Gasteiger partial charge in [-0.1, -0.05) is 63.2 Å². The van der Waals surface area contributed by atoms with Crippen LogP contribution in [0.4, 0.5) is 16.3 Å². The second-order valence-corrected chi connectivity index (χ2v) is 9.20. The molecule has 4 aromatic rings. The minimum atomic E-state index is -0.435. The van der Waals surface area contributed by atoms with E-state index in [0.717, 1.165) is 5.56 Å². The van der Waals surface area contributed by atoms with Crippen LogP contribution in [-0.4, -0.2) is 25.8 Å². The van der Waals surface area contributed by atoms with Gasteiger partial charge in [-0.3, -0.25) is 15.1 Å². The number of nitrogens with one attached hydrogen (secondary N) is 3. The molecule has 0 unspecified atom stereocenters. The lowest BCUT2D eigenvalue weighted by atomic mass is 9.87. The van der Waals surface area contributed by atoms with Gasteiger partial charge in [-0.25, -0.2) is 9.78 Å². The lowest BCUT2D eigenvalue weighted by Crippen LogP contribution is -2.23. The molecule has 2 heterocycles. The van der Waals surface area contributed by atoms with E-state index < -0.39 is 6.03 Å². The van der Waals surface area contributed by atoms with Crippen molar-refractivity contribution in [3.05, 3.63) is 87.8 Å². The number of urea groups is 1. The predicted molar refractivity (Wildman–Crippen MR) is 135 cm³/mol. The summed E-state index contributed by atoms with van der Waals surface area (Å²) >= 11 is 0. The fraction of sp³-hybridized carbons (Fsp3) is 0.231. The zero-order chi connectivity index (χ0) is 24.5. The Bertz CT molecular complexity index is 1380. The van der Waals surface area contributed by atoms with Gasteiger partial charge < -0.3 is 5.32 Å². The Morgan fingerprint density at radius 2 is 1.65 bits per heavy atom. The number of H-pyrrole nitrogens is 1. The van der Waals surface area contributed by atoms with Gasteiger partial charge in [0.25, 0.3) is 5.56 Å². The molecule has 0 atom stereocenters. The molecular formula is C26H28N6O2. The second kappa shape index (κ2) is 8.97. The third-order valence-corrected chi connectivity index (χ3v) is 5.61. The third-order valence-electron chi connectivity index (χ3n) is 5.61. The average molecular weight is 457 g/mol. The Morgan fingerprint density at radius 1 is 0.971 bits per heavy atom. The molecule has 3 N–H and O–H groups in total. The van der Waals surface area contributed by atoms with Crippen LogP contribution in [0.2, 0.25) is 0 Å². The highest BCUT2D eigenvalue weighted by atomic mass is 16.2. The number of anilines is 2. The summed E-state index contributed by atoms with van der Waals surface area (Å²) in [6.07, 6.45) is 0. The standard InChI is InChI=1S/C26H28N6O2/c1-16-17(2)27-24(30-23(16)33)32-22(15-21(31-32)18-9-7-6-8-10-18)29-25(34)28-20-13-11-19(12-14-20)26(3,4)5/h6-15H,1-5H3,(H,27,30,33)(H2,28,29,34). The van der Waals surface area contributed by atoms with Gasteiger partial charge in [0.1, 0.15) is 5.82 Å². The van der Waals surface area contributed by atoms with E-state index >= 15 is 0 Å². The van der Waals surface area contributed by atoms with Gasteiger partial charge in [0.15, 0.2) is 0 Å². The average Bonchev–Trinajstić information content (AvgIpc) is 3.21. The van der Waals surface area contributed by atoms with Crippen molar-refractivity contribution >= 4 is 17.5 Å². The molecule has 0 fully saturated rings. The van der Waals surface area contributed by atoms with Gasteiger partial charge in [-0.05, 0) is 37.0 Å². The fourth-order valence-corrected chi connectivity index (χ4v) is 3.44. The first-order valence-electron chi connectivity index (χ1n) is 11.0. The van der Waals surface area contributed by atoms with Crippen LogP contribution in [0.3, 0.4) is 0 Å². The van der Waals surface area contributed by atoms with Gasteiger partial charge in [-0.15, -0.1) is 0 Å². The molecule has 0 aliphatic carbocycles.